The number of carbonyl (C=O) groups is 3. The summed E-state index contributed by atoms with van der Waals surface area (Å²) in [5, 5.41) is 2.53. The summed E-state index contributed by atoms with van der Waals surface area (Å²) in [6, 6.07) is 8.89. The van der Waals surface area contributed by atoms with Gasteiger partial charge in [0, 0.05) is 39.1 Å². The number of ether oxygens (including phenoxy) is 2. The van der Waals surface area contributed by atoms with Crippen LogP contribution in [-0.4, -0.2) is 67.7 Å². The maximum absolute atomic E-state index is 12.1. The molecule has 1 aliphatic rings. The van der Waals surface area contributed by atoms with E-state index in [1.807, 2.05) is 6.07 Å². The van der Waals surface area contributed by atoms with E-state index in [1.54, 1.807) is 34.1 Å². The van der Waals surface area contributed by atoms with Gasteiger partial charge in [0.05, 0.1) is 7.11 Å². The van der Waals surface area contributed by atoms with E-state index in [2.05, 4.69) is 10.1 Å². The van der Waals surface area contributed by atoms with E-state index in [0.29, 0.717) is 51.3 Å². The van der Waals surface area contributed by atoms with Gasteiger partial charge in [0.25, 0.3) is 0 Å². The third-order valence-electron chi connectivity index (χ3n) is 3.86. The molecule has 1 aromatic rings. The number of alkyl carbamates (subject to hydrolysis) is 1. The second-order valence-electron chi connectivity index (χ2n) is 5.57. The topological polar surface area (TPSA) is 88.2 Å². The molecule has 136 valence electrons. The molecule has 25 heavy (non-hydrogen) atoms. The minimum atomic E-state index is -0.502. The molecule has 0 radical (unpaired) electrons. The molecular formula is C17H23N3O5. The Balaban J connectivity index is 1.67. The van der Waals surface area contributed by atoms with Crippen LogP contribution in [0.25, 0.3) is 0 Å². The fourth-order valence-corrected chi connectivity index (χ4v) is 2.45. The molecule has 1 saturated heterocycles. The zero-order chi connectivity index (χ0) is 18.1. The summed E-state index contributed by atoms with van der Waals surface area (Å²) in [6.45, 7) is 2.23. The van der Waals surface area contributed by atoms with Gasteiger partial charge in [-0.05, 0) is 18.6 Å². The number of nitrogens with zero attached hydrogens (tertiary/aromatic N) is 2. The Morgan fingerprint density at radius 2 is 1.68 bits per heavy atom. The number of rotatable bonds is 5. The molecule has 0 spiro atoms. The molecule has 1 fully saturated rings. The van der Waals surface area contributed by atoms with Crippen molar-refractivity contribution >= 4 is 18.1 Å². The molecule has 1 aliphatic heterocycles. The molecule has 0 atom stereocenters. The second kappa shape index (κ2) is 9.51. The molecule has 0 aromatic heterocycles. The minimum Gasteiger partial charge on any atom is -0.453 e. The van der Waals surface area contributed by atoms with Crippen LogP contribution in [0.3, 0.4) is 0 Å². The van der Waals surface area contributed by atoms with Gasteiger partial charge in [0.1, 0.15) is 5.75 Å². The van der Waals surface area contributed by atoms with E-state index < -0.39 is 12.2 Å². The Morgan fingerprint density at radius 3 is 2.32 bits per heavy atom. The van der Waals surface area contributed by atoms with Crippen molar-refractivity contribution in [1.82, 2.24) is 15.1 Å². The standard InChI is InChI=1S/C17H23N3O5/c1-24-16(22)18-9-5-8-15(21)19-10-12-20(13-11-19)17(23)25-14-6-3-2-4-7-14/h2-4,6-7H,5,8-13H2,1H3,(H,18,22). The predicted molar refractivity (Wildman–Crippen MR) is 90.3 cm³/mol. The van der Waals surface area contributed by atoms with E-state index in [9.17, 15) is 14.4 Å². The molecule has 0 unspecified atom stereocenters. The van der Waals surface area contributed by atoms with Crippen molar-refractivity contribution < 1.29 is 23.9 Å². The van der Waals surface area contributed by atoms with Gasteiger partial charge in [-0.3, -0.25) is 4.79 Å². The third kappa shape index (κ3) is 5.98. The fourth-order valence-electron chi connectivity index (χ4n) is 2.45. The van der Waals surface area contributed by atoms with Crippen molar-refractivity contribution in [1.29, 1.82) is 0 Å². The number of carbonyl (C=O) groups excluding carboxylic acids is 3. The van der Waals surface area contributed by atoms with E-state index in [0.717, 1.165) is 0 Å². The molecule has 0 saturated carbocycles. The Bertz CT molecular complexity index is 585. The normalized spacial score (nSPS) is 14.0. The Hall–Kier alpha value is -2.77. The zero-order valence-electron chi connectivity index (χ0n) is 14.3. The van der Waals surface area contributed by atoms with E-state index >= 15 is 0 Å². The lowest BCUT2D eigenvalue weighted by Crippen LogP contribution is -2.51. The number of piperazine rings is 1. The van der Waals surface area contributed by atoms with E-state index in [-0.39, 0.29) is 5.91 Å². The highest BCUT2D eigenvalue weighted by atomic mass is 16.6. The fraction of sp³-hybridized carbons (Fsp3) is 0.471. The number of benzene rings is 1. The number of hydrogen-bond acceptors (Lipinski definition) is 5. The van der Waals surface area contributed by atoms with Gasteiger partial charge >= 0.3 is 12.2 Å². The molecule has 8 nitrogen and oxygen atoms in total. The van der Waals surface area contributed by atoms with Gasteiger partial charge in [0.2, 0.25) is 5.91 Å². The molecule has 1 N–H and O–H groups in total. The zero-order valence-corrected chi connectivity index (χ0v) is 14.3. The van der Waals surface area contributed by atoms with Gasteiger partial charge in [-0.1, -0.05) is 18.2 Å². The average molecular weight is 349 g/mol. The van der Waals surface area contributed by atoms with Gasteiger partial charge in [-0.2, -0.15) is 0 Å². The lowest BCUT2D eigenvalue weighted by Gasteiger charge is -2.34. The lowest BCUT2D eigenvalue weighted by molar-refractivity contribution is -0.132. The van der Waals surface area contributed by atoms with Crippen molar-refractivity contribution in [2.24, 2.45) is 0 Å². The molecule has 0 aliphatic carbocycles. The Morgan fingerprint density at radius 1 is 1.04 bits per heavy atom. The monoisotopic (exact) mass is 349 g/mol. The van der Waals surface area contributed by atoms with Crippen LogP contribution in [0.5, 0.6) is 5.75 Å². The van der Waals surface area contributed by atoms with Crippen LogP contribution >= 0.6 is 0 Å². The van der Waals surface area contributed by atoms with Crippen LogP contribution in [0.2, 0.25) is 0 Å². The summed E-state index contributed by atoms with van der Waals surface area (Å²) in [4.78, 5) is 38.5. The van der Waals surface area contributed by atoms with Crippen LogP contribution in [0.4, 0.5) is 9.59 Å². The van der Waals surface area contributed by atoms with Crippen LogP contribution in [-0.2, 0) is 9.53 Å². The highest BCUT2D eigenvalue weighted by Gasteiger charge is 2.25. The second-order valence-corrected chi connectivity index (χ2v) is 5.57. The number of hydrogen-bond donors (Lipinski definition) is 1. The van der Waals surface area contributed by atoms with Crippen LogP contribution in [0.15, 0.2) is 30.3 Å². The first-order valence-corrected chi connectivity index (χ1v) is 8.21. The minimum absolute atomic E-state index is 0.0164. The summed E-state index contributed by atoms with van der Waals surface area (Å²) in [6.07, 6.45) is -0.0126. The quantitative estimate of drug-likeness (QED) is 0.813. The van der Waals surface area contributed by atoms with Crippen molar-refractivity contribution in [3.05, 3.63) is 30.3 Å². The number of methoxy groups -OCH3 is 1. The predicted octanol–water partition coefficient (Wildman–Crippen LogP) is 1.47. The van der Waals surface area contributed by atoms with Crippen LogP contribution in [0.1, 0.15) is 12.8 Å². The molecule has 8 heteroatoms. The maximum Gasteiger partial charge on any atom is 0.415 e. The number of para-hydroxylation sites is 1. The summed E-state index contributed by atoms with van der Waals surface area (Å²) in [5.74, 6) is 0.520. The third-order valence-corrected chi connectivity index (χ3v) is 3.86. The number of nitrogens with one attached hydrogen (secondary N) is 1. The largest absolute Gasteiger partial charge is 0.453 e. The van der Waals surface area contributed by atoms with Crippen molar-refractivity contribution in [3.8, 4) is 5.75 Å². The van der Waals surface area contributed by atoms with Crippen LogP contribution < -0.4 is 10.1 Å². The highest BCUT2D eigenvalue weighted by Crippen LogP contribution is 2.12. The average Bonchev–Trinajstić information content (AvgIpc) is 2.65. The lowest BCUT2D eigenvalue weighted by atomic mass is 10.2. The maximum atomic E-state index is 12.1. The van der Waals surface area contributed by atoms with Gasteiger partial charge < -0.3 is 24.6 Å². The molecule has 1 aromatic carbocycles. The smallest absolute Gasteiger partial charge is 0.415 e. The summed E-state index contributed by atoms with van der Waals surface area (Å²) in [7, 11) is 1.29. The molecule has 1 heterocycles. The van der Waals surface area contributed by atoms with Crippen molar-refractivity contribution in [2.75, 3.05) is 39.8 Å². The summed E-state index contributed by atoms with van der Waals surface area (Å²) < 4.78 is 9.75. The first-order valence-electron chi connectivity index (χ1n) is 8.21. The molecule has 2 rings (SSSR count). The Kier molecular flexibility index (Phi) is 7.06. The molecular weight excluding hydrogens is 326 g/mol. The first-order chi connectivity index (χ1) is 12.1. The van der Waals surface area contributed by atoms with E-state index in [4.69, 9.17) is 4.74 Å². The summed E-state index contributed by atoms with van der Waals surface area (Å²) in [5.41, 5.74) is 0. The molecule has 3 amide bonds. The van der Waals surface area contributed by atoms with E-state index in [1.165, 1.54) is 7.11 Å². The van der Waals surface area contributed by atoms with Crippen molar-refractivity contribution in [2.45, 2.75) is 12.8 Å². The van der Waals surface area contributed by atoms with Gasteiger partial charge in [-0.15, -0.1) is 0 Å². The molecule has 0 bridgehead atoms. The SMILES string of the molecule is COC(=O)NCCCC(=O)N1CCN(C(=O)Oc2ccccc2)CC1. The Labute approximate surface area is 146 Å². The highest BCUT2D eigenvalue weighted by molar-refractivity contribution is 5.77. The first kappa shape index (κ1) is 18.6. The van der Waals surface area contributed by atoms with Gasteiger partial charge in [-0.25, -0.2) is 9.59 Å². The number of amides is 3. The summed E-state index contributed by atoms with van der Waals surface area (Å²) >= 11 is 0. The van der Waals surface area contributed by atoms with Crippen molar-refractivity contribution in [3.63, 3.8) is 0 Å². The van der Waals surface area contributed by atoms with Crippen LogP contribution in [0, 0.1) is 0 Å². The van der Waals surface area contributed by atoms with Gasteiger partial charge in [0.15, 0.2) is 0 Å².